The average molecular weight is 550 g/mol. The molecule has 2 N–H and O–H groups in total. The highest BCUT2D eigenvalue weighted by Gasteiger charge is 2.41. The molecular weight excluding hydrogens is 519 g/mol. The minimum atomic E-state index is -4.72. The molecule has 2 aromatic rings. The monoisotopic (exact) mass is 549 g/mol. The van der Waals surface area contributed by atoms with Gasteiger partial charge in [0, 0.05) is 31.1 Å². The van der Waals surface area contributed by atoms with Gasteiger partial charge < -0.3 is 10.6 Å². The highest BCUT2D eigenvalue weighted by molar-refractivity contribution is 7.89. The Balaban J connectivity index is 1.47. The third kappa shape index (κ3) is 6.27. The number of carbonyl (C=O) groups is 2. The van der Waals surface area contributed by atoms with Crippen molar-refractivity contribution in [1.29, 1.82) is 0 Å². The van der Waals surface area contributed by atoms with Crippen molar-refractivity contribution >= 4 is 21.7 Å². The molecule has 1 heterocycles. The Hall–Kier alpha value is -3.18. The number of rotatable bonds is 8. The Kier molecular flexibility index (Phi) is 7.98. The minimum Gasteiger partial charge on any atom is -0.385 e. The highest BCUT2D eigenvalue weighted by Crippen LogP contribution is 2.34. The summed E-state index contributed by atoms with van der Waals surface area (Å²) >= 11 is 0. The van der Waals surface area contributed by atoms with Gasteiger partial charge in [0.05, 0.1) is 23.0 Å². The molecule has 0 saturated carbocycles. The Bertz CT molecular complexity index is 1360. The van der Waals surface area contributed by atoms with Crippen molar-refractivity contribution in [3.05, 3.63) is 77.0 Å². The Morgan fingerprint density at radius 3 is 2.66 bits per heavy atom. The van der Waals surface area contributed by atoms with Gasteiger partial charge in [-0.1, -0.05) is 30.8 Å². The molecule has 1 saturated heterocycles. The molecule has 0 radical (unpaired) electrons. The number of allylic oxidation sites excluding steroid dienone is 1. The summed E-state index contributed by atoms with van der Waals surface area (Å²) in [5.74, 6) is -0.808. The third-order valence-electron chi connectivity index (χ3n) is 6.84. The fourth-order valence-electron chi connectivity index (χ4n) is 5.00. The molecule has 4 rings (SSSR count). The first-order valence-electron chi connectivity index (χ1n) is 12.4. The van der Waals surface area contributed by atoms with Crippen LogP contribution in [0.5, 0.6) is 0 Å². The summed E-state index contributed by atoms with van der Waals surface area (Å²) in [5.41, 5.74) is 2.99. The summed E-state index contributed by atoms with van der Waals surface area (Å²) in [6.07, 6.45) is -2.69. The van der Waals surface area contributed by atoms with Crippen molar-refractivity contribution in [1.82, 2.24) is 14.9 Å². The van der Waals surface area contributed by atoms with E-state index in [1.165, 1.54) is 0 Å². The molecule has 0 aromatic heterocycles. The molecule has 1 aliphatic heterocycles. The molecule has 2 aromatic carbocycles. The number of nitrogens with one attached hydrogen (secondary N) is 2. The molecule has 1 fully saturated rings. The van der Waals surface area contributed by atoms with Crippen molar-refractivity contribution < 1.29 is 31.2 Å². The van der Waals surface area contributed by atoms with Crippen LogP contribution in [0.4, 0.5) is 13.2 Å². The first-order chi connectivity index (χ1) is 17.8. The number of Topliss-reactive ketones (excluding diaryl/α,β-unsaturated/α-hetero) is 1. The van der Waals surface area contributed by atoms with Gasteiger partial charge in [0.15, 0.2) is 0 Å². The molecular formula is C27H30F3N3O4S. The van der Waals surface area contributed by atoms with Gasteiger partial charge in [-0.3, -0.25) is 9.59 Å². The number of ketones is 1. The number of amides is 1. The minimum absolute atomic E-state index is 0.175. The lowest BCUT2D eigenvalue weighted by atomic mass is 9.86. The van der Waals surface area contributed by atoms with E-state index in [1.807, 2.05) is 19.1 Å². The largest absolute Gasteiger partial charge is 0.416 e. The van der Waals surface area contributed by atoms with E-state index < -0.39 is 50.9 Å². The number of fused-ring (bicyclic) bond motifs is 1. The van der Waals surface area contributed by atoms with Crippen LogP contribution in [-0.4, -0.2) is 37.0 Å². The zero-order chi connectivity index (χ0) is 27.7. The van der Waals surface area contributed by atoms with E-state index in [-0.39, 0.29) is 18.9 Å². The normalized spacial score (nSPS) is 20.2. The van der Waals surface area contributed by atoms with E-state index in [1.54, 1.807) is 0 Å². The third-order valence-corrected chi connectivity index (χ3v) is 8.74. The van der Waals surface area contributed by atoms with Gasteiger partial charge in [-0.15, -0.1) is 0 Å². The van der Waals surface area contributed by atoms with Crippen LogP contribution in [0.3, 0.4) is 0 Å². The number of alkyl halides is 3. The molecule has 0 unspecified atom stereocenters. The number of hydrogen-bond acceptors (Lipinski definition) is 5. The van der Waals surface area contributed by atoms with E-state index in [0.717, 1.165) is 64.2 Å². The van der Waals surface area contributed by atoms with Crippen LogP contribution in [0.15, 0.2) is 59.6 Å². The van der Waals surface area contributed by atoms with Crippen LogP contribution in [0.1, 0.15) is 60.9 Å². The van der Waals surface area contributed by atoms with Crippen LogP contribution < -0.4 is 10.6 Å². The van der Waals surface area contributed by atoms with Gasteiger partial charge in [0.1, 0.15) is 5.78 Å². The van der Waals surface area contributed by atoms with Crippen molar-refractivity contribution in [2.45, 2.75) is 68.7 Å². The van der Waals surface area contributed by atoms with Gasteiger partial charge in [-0.05, 0) is 61.1 Å². The second kappa shape index (κ2) is 10.9. The van der Waals surface area contributed by atoms with Crippen molar-refractivity contribution in [2.24, 2.45) is 0 Å². The molecule has 0 spiro atoms. The van der Waals surface area contributed by atoms with Gasteiger partial charge in [0.2, 0.25) is 15.9 Å². The van der Waals surface area contributed by atoms with Crippen molar-refractivity contribution in [3.63, 3.8) is 0 Å². The van der Waals surface area contributed by atoms with E-state index in [0.29, 0.717) is 12.6 Å². The maximum Gasteiger partial charge on any atom is 0.416 e. The molecule has 11 heteroatoms. The lowest BCUT2D eigenvalue weighted by Crippen LogP contribution is -2.40. The van der Waals surface area contributed by atoms with Crippen molar-refractivity contribution in [2.75, 3.05) is 6.54 Å². The maximum absolute atomic E-state index is 13.2. The fraction of sp³-hybridized carbons (Fsp3) is 0.407. The van der Waals surface area contributed by atoms with Crippen LogP contribution in [-0.2, 0) is 38.8 Å². The maximum atomic E-state index is 13.2. The van der Waals surface area contributed by atoms with Crippen LogP contribution in [0.2, 0.25) is 0 Å². The van der Waals surface area contributed by atoms with Crippen LogP contribution >= 0.6 is 0 Å². The fourth-order valence-corrected chi connectivity index (χ4v) is 6.66. The zero-order valence-electron chi connectivity index (χ0n) is 21.0. The van der Waals surface area contributed by atoms with Crippen LogP contribution in [0, 0.1) is 0 Å². The summed E-state index contributed by atoms with van der Waals surface area (Å²) < 4.78 is 66.7. The van der Waals surface area contributed by atoms with Gasteiger partial charge >= 0.3 is 6.18 Å². The topological polar surface area (TPSA) is 95.6 Å². The second-order valence-electron chi connectivity index (χ2n) is 9.86. The first kappa shape index (κ1) is 27.8. The van der Waals surface area contributed by atoms with E-state index in [9.17, 15) is 31.2 Å². The van der Waals surface area contributed by atoms with E-state index >= 15 is 0 Å². The Morgan fingerprint density at radius 2 is 1.95 bits per heavy atom. The number of benzene rings is 2. The summed E-state index contributed by atoms with van der Waals surface area (Å²) in [4.78, 5) is 24.6. The summed E-state index contributed by atoms with van der Waals surface area (Å²) in [7, 11) is -4.43. The lowest BCUT2D eigenvalue weighted by molar-refractivity contribution is -0.137. The zero-order valence-corrected chi connectivity index (χ0v) is 21.8. The summed E-state index contributed by atoms with van der Waals surface area (Å²) in [6, 6.07) is 8.24. The molecule has 204 valence electrons. The Labute approximate surface area is 220 Å². The molecule has 0 bridgehead atoms. The average Bonchev–Trinajstić information content (AvgIpc) is 3.22. The number of nitrogens with zero attached hydrogens (tertiary/aromatic N) is 1. The van der Waals surface area contributed by atoms with E-state index in [4.69, 9.17) is 0 Å². The second-order valence-corrected chi connectivity index (χ2v) is 11.7. The smallest absolute Gasteiger partial charge is 0.385 e. The predicted molar refractivity (Wildman–Crippen MR) is 135 cm³/mol. The summed E-state index contributed by atoms with van der Waals surface area (Å²) in [5, 5.41) is 6.17. The SMILES string of the molecule is C=C(C)NCc1ccc2c(c1)CCC[C@H]2NC(=O)C[C@@H]1CC(=O)CN1S(=O)(=O)c1cccc(C(F)(F)F)c1. The highest BCUT2D eigenvalue weighted by atomic mass is 32.2. The lowest BCUT2D eigenvalue weighted by Gasteiger charge is -2.28. The number of sulfonamides is 1. The number of hydrogen-bond donors (Lipinski definition) is 2. The molecule has 1 amide bonds. The molecule has 1 aliphatic carbocycles. The molecule has 2 aliphatic rings. The summed E-state index contributed by atoms with van der Waals surface area (Å²) in [6.45, 7) is 5.88. The van der Waals surface area contributed by atoms with Gasteiger partial charge in [-0.25, -0.2) is 8.42 Å². The molecule has 7 nitrogen and oxygen atoms in total. The first-order valence-corrected chi connectivity index (χ1v) is 13.8. The molecule has 2 atom stereocenters. The van der Waals surface area contributed by atoms with E-state index in [2.05, 4.69) is 23.3 Å². The van der Waals surface area contributed by atoms with Crippen molar-refractivity contribution in [3.8, 4) is 0 Å². The van der Waals surface area contributed by atoms with Gasteiger partial charge in [0.25, 0.3) is 0 Å². The number of carbonyl (C=O) groups excluding carboxylic acids is 2. The standard InChI is InChI=1S/C27H30F3N3O4S/c1-17(2)31-15-18-9-10-24-19(11-18)5-3-8-25(24)32-26(35)14-21-13-22(34)16-33(21)38(36,37)23-7-4-6-20(12-23)27(28,29)30/h4,6-7,9-12,21,25,31H,1,3,5,8,13-16H2,2H3,(H,32,35)/t21-,25+/m0/s1. The quantitative estimate of drug-likeness (QED) is 0.514. The number of aryl methyl sites for hydroxylation is 1. The van der Waals surface area contributed by atoms with Gasteiger partial charge in [-0.2, -0.15) is 17.5 Å². The van der Waals surface area contributed by atoms with Crippen LogP contribution in [0.25, 0.3) is 0 Å². The Morgan fingerprint density at radius 1 is 1.18 bits per heavy atom. The molecule has 38 heavy (non-hydrogen) atoms. The predicted octanol–water partition coefficient (Wildman–Crippen LogP) is 4.24. The number of halogens is 3.